The van der Waals surface area contributed by atoms with Crippen molar-refractivity contribution < 1.29 is 28.6 Å². The Morgan fingerprint density at radius 3 is 2.50 bits per heavy atom. The Kier molecular flexibility index (Phi) is 7.37. The van der Waals surface area contributed by atoms with E-state index >= 15 is 0 Å². The number of esters is 1. The number of amides is 2. The van der Waals surface area contributed by atoms with E-state index in [1.165, 1.54) is 26.4 Å². The molecule has 1 heterocycles. The molecule has 0 spiro atoms. The minimum atomic E-state index is -0.755. The normalized spacial score (nSPS) is 13.4. The number of para-hydroxylation sites is 1. The average molecular weight is 459 g/mol. The molecule has 0 fully saturated rings. The molecule has 0 radical (unpaired) electrons. The molecule has 0 atom stereocenters. The van der Waals surface area contributed by atoms with Gasteiger partial charge in [0, 0.05) is 6.07 Å². The summed E-state index contributed by atoms with van der Waals surface area (Å²) in [4.78, 5) is 39.5. The molecule has 0 aliphatic carbocycles. The van der Waals surface area contributed by atoms with E-state index in [0.717, 1.165) is 11.3 Å². The third-order valence-electron chi connectivity index (χ3n) is 4.79. The van der Waals surface area contributed by atoms with Gasteiger partial charge in [0.15, 0.2) is 0 Å². The molecule has 9 heteroatoms. The second-order valence-corrected chi connectivity index (χ2v) is 7.21. The Balaban J connectivity index is 1.92. The maximum atomic E-state index is 13.2. The van der Waals surface area contributed by atoms with Gasteiger partial charge >= 0.3 is 5.97 Å². The van der Waals surface area contributed by atoms with E-state index in [0.29, 0.717) is 23.6 Å². The third-order valence-corrected chi connectivity index (χ3v) is 5.14. The quantitative estimate of drug-likeness (QED) is 0.343. The number of hydrogen-bond donors (Lipinski definition) is 1. The van der Waals surface area contributed by atoms with Gasteiger partial charge in [-0.3, -0.25) is 9.59 Å². The molecule has 2 amide bonds. The van der Waals surface area contributed by atoms with Crippen LogP contribution in [0.1, 0.15) is 30.1 Å². The Bertz CT molecular complexity index is 1080. The van der Waals surface area contributed by atoms with Crippen molar-refractivity contribution in [3.8, 4) is 11.5 Å². The molecule has 0 saturated heterocycles. The van der Waals surface area contributed by atoms with Gasteiger partial charge in [0.05, 0.1) is 37.8 Å². The second-order valence-electron chi connectivity index (χ2n) is 6.83. The van der Waals surface area contributed by atoms with Crippen LogP contribution in [0.25, 0.3) is 0 Å². The van der Waals surface area contributed by atoms with Crippen LogP contribution >= 0.6 is 11.6 Å². The van der Waals surface area contributed by atoms with Crippen LogP contribution in [-0.2, 0) is 14.3 Å². The van der Waals surface area contributed by atoms with Gasteiger partial charge in [-0.15, -0.1) is 0 Å². The van der Waals surface area contributed by atoms with Gasteiger partial charge in [-0.2, -0.15) is 0 Å². The Labute approximate surface area is 190 Å². The first-order valence-electron chi connectivity index (χ1n) is 9.96. The van der Waals surface area contributed by atoms with Crippen LogP contribution in [0.3, 0.4) is 0 Å². The standard InChI is InChI=1S/C23H23ClN2O6/c1-4-5-12-32-23(29)15-8-6-7-9-17(15)26-21(27)19(24)20(22(26)28)25-16-13-14(30-2)10-11-18(16)31-3/h6-11,13,25H,4-5,12H2,1-3H3. The maximum Gasteiger partial charge on any atom is 0.340 e. The number of imide groups is 1. The van der Waals surface area contributed by atoms with Gasteiger partial charge in [-0.05, 0) is 30.7 Å². The topological polar surface area (TPSA) is 94.2 Å². The molecule has 0 bridgehead atoms. The molecule has 1 aliphatic rings. The molecule has 2 aromatic carbocycles. The van der Waals surface area contributed by atoms with Gasteiger partial charge in [-0.25, -0.2) is 9.69 Å². The van der Waals surface area contributed by atoms with Crippen molar-refractivity contribution in [3.63, 3.8) is 0 Å². The molecule has 3 rings (SSSR count). The van der Waals surface area contributed by atoms with Crippen LogP contribution in [0, 0.1) is 0 Å². The Hall–Kier alpha value is -3.52. The Morgan fingerprint density at radius 1 is 1.06 bits per heavy atom. The van der Waals surface area contributed by atoms with Crippen molar-refractivity contribution in [2.45, 2.75) is 19.8 Å². The number of nitrogens with zero attached hydrogens (tertiary/aromatic N) is 1. The lowest BCUT2D eigenvalue weighted by atomic mass is 10.1. The molecule has 1 aliphatic heterocycles. The van der Waals surface area contributed by atoms with E-state index in [2.05, 4.69) is 5.32 Å². The van der Waals surface area contributed by atoms with Crippen molar-refractivity contribution in [1.29, 1.82) is 0 Å². The smallest absolute Gasteiger partial charge is 0.340 e. The monoisotopic (exact) mass is 458 g/mol. The molecule has 168 valence electrons. The van der Waals surface area contributed by atoms with Gasteiger partial charge < -0.3 is 19.5 Å². The zero-order valence-electron chi connectivity index (χ0n) is 17.9. The van der Waals surface area contributed by atoms with Crippen molar-refractivity contribution in [2.24, 2.45) is 0 Å². The first-order chi connectivity index (χ1) is 15.4. The average Bonchev–Trinajstić information content (AvgIpc) is 3.02. The summed E-state index contributed by atoms with van der Waals surface area (Å²) in [5.41, 5.74) is 0.430. The van der Waals surface area contributed by atoms with Crippen LogP contribution in [0.15, 0.2) is 53.2 Å². The minimum Gasteiger partial charge on any atom is -0.497 e. The summed E-state index contributed by atoms with van der Waals surface area (Å²) < 4.78 is 15.8. The number of carbonyl (C=O) groups is 3. The molecule has 1 N–H and O–H groups in total. The lowest BCUT2D eigenvalue weighted by Crippen LogP contribution is -2.33. The summed E-state index contributed by atoms with van der Waals surface area (Å²) in [6.07, 6.45) is 1.57. The first kappa shape index (κ1) is 23.1. The molecule has 32 heavy (non-hydrogen) atoms. The summed E-state index contributed by atoms with van der Waals surface area (Å²) >= 11 is 6.24. The molecule has 0 unspecified atom stereocenters. The van der Waals surface area contributed by atoms with Crippen LogP contribution in [-0.4, -0.2) is 38.6 Å². The number of unbranched alkanes of at least 4 members (excludes halogenated alkanes) is 1. The number of rotatable bonds is 9. The number of carbonyl (C=O) groups excluding carboxylic acids is 3. The van der Waals surface area contributed by atoms with E-state index < -0.39 is 17.8 Å². The predicted molar refractivity (Wildman–Crippen MR) is 120 cm³/mol. The SMILES string of the molecule is CCCCOC(=O)c1ccccc1N1C(=O)C(Cl)=C(Nc2cc(OC)ccc2OC)C1=O. The molecular formula is C23H23ClN2O6. The zero-order valence-corrected chi connectivity index (χ0v) is 18.7. The lowest BCUT2D eigenvalue weighted by Gasteiger charge is -2.18. The van der Waals surface area contributed by atoms with E-state index in [1.807, 2.05) is 6.92 Å². The van der Waals surface area contributed by atoms with Gasteiger partial charge in [0.25, 0.3) is 11.8 Å². The minimum absolute atomic E-state index is 0.0926. The molecule has 0 saturated carbocycles. The van der Waals surface area contributed by atoms with Crippen molar-refractivity contribution in [3.05, 3.63) is 58.8 Å². The van der Waals surface area contributed by atoms with Crippen LogP contribution < -0.4 is 19.7 Å². The summed E-state index contributed by atoms with van der Waals surface area (Å²) in [7, 11) is 2.97. The van der Waals surface area contributed by atoms with E-state index in [1.54, 1.807) is 30.3 Å². The van der Waals surface area contributed by atoms with Crippen LogP contribution in [0.5, 0.6) is 11.5 Å². The molecular weight excluding hydrogens is 436 g/mol. The first-order valence-corrected chi connectivity index (χ1v) is 10.3. The number of ether oxygens (including phenoxy) is 3. The number of halogens is 1. The molecule has 2 aromatic rings. The summed E-state index contributed by atoms with van der Waals surface area (Å²) in [5.74, 6) is -1.16. The summed E-state index contributed by atoms with van der Waals surface area (Å²) in [5, 5.41) is 2.56. The fourth-order valence-electron chi connectivity index (χ4n) is 3.10. The fourth-order valence-corrected chi connectivity index (χ4v) is 3.32. The van der Waals surface area contributed by atoms with Gasteiger partial charge in [0.2, 0.25) is 0 Å². The maximum absolute atomic E-state index is 13.2. The molecule has 8 nitrogen and oxygen atoms in total. The van der Waals surface area contributed by atoms with Crippen LogP contribution in [0.2, 0.25) is 0 Å². The van der Waals surface area contributed by atoms with E-state index in [4.69, 9.17) is 25.8 Å². The van der Waals surface area contributed by atoms with Gasteiger partial charge in [-0.1, -0.05) is 37.1 Å². The Morgan fingerprint density at radius 2 is 1.81 bits per heavy atom. The largest absolute Gasteiger partial charge is 0.497 e. The lowest BCUT2D eigenvalue weighted by molar-refractivity contribution is -0.120. The number of hydrogen-bond acceptors (Lipinski definition) is 7. The highest BCUT2D eigenvalue weighted by Crippen LogP contribution is 2.35. The van der Waals surface area contributed by atoms with Gasteiger partial charge in [0.1, 0.15) is 22.2 Å². The van der Waals surface area contributed by atoms with Crippen molar-refractivity contribution >= 4 is 40.8 Å². The van der Waals surface area contributed by atoms with Crippen LogP contribution in [0.4, 0.5) is 11.4 Å². The van der Waals surface area contributed by atoms with Crippen molar-refractivity contribution in [1.82, 2.24) is 0 Å². The van der Waals surface area contributed by atoms with Crippen molar-refractivity contribution in [2.75, 3.05) is 31.0 Å². The third kappa shape index (κ3) is 4.55. The fraction of sp³-hybridized carbons (Fsp3) is 0.261. The highest BCUT2D eigenvalue weighted by molar-refractivity contribution is 6.53. The summed E-state index contributed by atoms with van der Waals surface area (Å²) in [6, 6.07) is 11.2. The second kappa shape index (κ2) is 10.2. The number of benzene rings is 2. The van der Waals surface area contributed by atoms with E-state index in [9.17, 15) is 14.4 Å². The highest BCUT2D eigenvalue weighted by Gasteiger charge is 2.40. The number of nitrogens with one attached hydrogen (secondary N) is 1. The molecule has 0 aromatic heterocycles. The van der Waals surface area contributed by atoms with E-state index in [-0.39, 0.29) is 28.6 Å². The number of anilines is 2. The highest BCUT2D eigenvalue weighted by atomic mass is 35.5. The predicted octanol–water partition coefficient (Wildman–Crippen LogP) is 4.10. The number of methoxy groups -OCH3 is 2. The summed E-state index contributed by atoms with van der Waals surface area (Å²) in [6.45, 7) is 2.22. The zero-order chi connectivity index (χ0) is 23.3.